The zero-order valence-corrected chi connectivity index (χ0v) is 10.5. The van der Waals surface area contributed by atoms with Gasteiger partial charge in [0.05, 0.1) is 0 Å². The molecular formula is C12H17BClNO2. The van der Waals surface area contributed by atoms with Crippen molar-refractivity contribution in [1.82, 2.24) is 5.32 Å². The Bertz CT molecular complexity index is 381. The molecule has 17 heavy (non-hydrogen) atoms. The zero-order chi connectivity index (χ0) is 12.3. The van der Waals surface area contributed by atoms with Gasteiger partial charge in [0.1, 0.15) is 0 Å². The van der Waals surface area contributed by atoms with E-state index in [0.717, 1.165) is 12.1 Å². The minimum Gasteiger partial charge on any atom is -0.423 e. The van der Waals surface area contributed by atoms with Gasteiger partial charge >= 0.3 is 7.12 Å². The molecule has 0 spiro atoms. The molecule has 3 N–H and O–H groups in total. The Kier molecular flexibility index (Phi) is 4.45. The van der Waals surface area contributed by atoms with E-state index in [4.69, 9.17) is 21.6 Å². The summed E-state index contributed by atoms with van der Waals surface area (Å²) in [6.45, 7) is 0.741. The molecule has 0 amide bonds. The Morgan fingerprint density at radius 2 is 2.00 bits per heavy atom. The van der Waals surface area contributed by atoms with Gasteiger partial charge in [-0.2, -0.15) is 0 Å². The summed E-state index contributed by atoms with van der Waals surface area (Å²) in [6, 6.07) is 5.76. The second-order valence-electron chi connectivity index (χ2n) is 4.59. The number of nitrogens with one attached hydrogen (secondary N) is 1. The van der Waals surface area contributed by atoms with Gasteiger partial charge in [-0.1, -0.05) is 36.6 Å². The first-order chi connectivity index (χ1) is 8.16. The highest BCUT2D eigenvalue weighted by molar-refractivity contribution is 6.59. The lowest BCUT2D eigenvalue weighted by molar-refractivity contribution is 0.426. The molecule has 0 saturated heterocycles. The summed E-state index contributed by atoms with van der Waals surface area (Å²) in [5, 5.41) is 22.1. The normalized spacial score (nSPS) is 16.4. The van der Waals surface area contributed by atoms with E-state index in [-0.39, 0.29) is 0 Å². The summed E-state index contributed by atoms with van der Waals surface area (Å²) < 4.78 is 0. The van der Waals surface area contributed by atoms with Crippen molar-refractivity contribution in [3.8, 4) is 0 Å². The highest BCUT2D eigenvalue weighted by atomic mass is 35.5. The van der Waals surface area contributed by atoms with E-state index in [1.165, 1.54) is 25.7 Å². The third-order valence-corrected chi connectivity index (χ3v) is 3.66. The summed E-state index contributed by atoms with van der Waals surface area (Å²) in [5.41, 5.74) is 1.43. The fourth-order valence-electron chi connectivity index (χ4n) is 2.25. The third kappa shape index (κ3) is 3.46. The number of hydrogen-bond donors (Lipinski definition) is 3. The summed E-state index contributed by atoms with van der Waals surface area (Å²) in [6.07, 6.45) is 5.10. The Morgan fingerprint density at radius 3 is 2.59 bits per heavy atom. The topological polar surface area (TPSA) is 52.5 Å². The highest BCUT2D eigenvalue weighted by Crippen LogP contribution is 2.19. The van der Waals surface area contributed by atoms with Crippen molar-refractivity contribution >= 4 is 24.2 Å². The van der Waals surface area contributed by atoms with Crippen LogP contribution in [0.4, 0.5) is 0 Å². The van der Waals surface area contributed by atoms with Gasteiger partial charge in [0, 0.05) is 17.6 Å². The van der Waals surface area contributed by atoms with Gasteiger partial charge in [-0.15, -0.1) is 0 Å². The quantitative estimate of drug-likeness (QED) is 0.703. The first-order valence-electron chi connectivity index (χ1n) is 6.04. The van der Waals surface area contributed by atoms with Gasteiger partial charge in [-0.3, -0.25) is 0 Å². The van der Waals surface area contributed by atoms with Gasteiger partial charge in [0.25, 0.3) is 0 Å². The lowest BCUT2D eigenvalue weighted by Gasteiger charge is -2.13. The minimum atomic E-state index is -1.45. The number of rotatable bonds is 4. The predicted molar refractivity (Wildman–Crippen MR) is 70.4 cm³/mol. The molecule has 1 saturated carbocycles. The molecule has 2 rings (SSSR count). The summed E-state index contributed by atoms with van der Waals surface area (Å²) >= 11 is 6.10. The molecule has 0 aromatic heterocycles. The summed E-state index contributed by atoms with van der Waals surface area (Å²) in [7, 11) is -1.45. The van der Waals surface area contributed by atoms with E-state index < -0.39 is 7.12 Å². The Balaban J connectivity index is 1.96. The lowest BCUT2D eigenvalue weighted by atomic mass is 9.80. The molecule has 0 unspecified atom stereocenters. The van der Waals surface area contributed by atoms with E-state index >= 15 is 0 Å². The SMILES string of the molecule is OB(O)c1ccc(CNC2CCCC2)c(Cl)c1. The summed E-state index contributed by atoms with van der Waals surface area (Å²) in [4.78, 5) is 0. The van der Waals surface area contributed by atoms with Crippen LogP contribution in [0.5, 0.6) is 0 Å². The van der Waals surface area contributed by atoms with Gasteiger partial charge in [-0.05, 0) is 29.9 Å². The summed E-state index contributed by atoms with van der Waals surface area (Å²) in [5.74, 6) is 0. The molecule has 0 heterocycles. The van der Waals surface area contributed by atoms with Gasteiger partial charge < -0.3 is 15.4 Å². The minimum absolute atomic E-state index is 0.430. The smallest absolute Gasteiger partial charge is 0.423 e. The average Bonchev–Trinajstić information content (AvgIpc) is 2.80. The van der Waals surface area contributed by atoms with E-state index in [1.807, 2.05) is 6.07 Å². The van der Waals surface area contributed by atoms with Crippen LogP contribution in [0.3, 0.4) is 0 Å². The molecule has 1 aliphatic carbocycles. The first kappa shape index (κ1) is 12.9. The molecule has 0 bridgehead atoms. The van der Waals surface area contributed by atoms with E-state index in [0.29, 0.717) is 16.5 Å². The van der Waals surface area contributed by atoms with E-state index in [1.54, 1.807) is 12.1 Å². The van der Waals surface area contributed by atoms with Crippen LogP contribution >= 0.6 is 11.6 Å². The van der Waals surface area contributed by atoms with Crippen molar-refractivity contribution in [2.24, 2.45) is 0 Å². The lowest BCUT2D eigenvalue weighted by Crippen LogP contribution is -2.30. The number of halogens is 1. The fraction of sp³-hybridized carbons (Fsp3) is 0.500. The monoisotopic (exact) mass is 253 g/mol. The van der Waals surface area contributed by atoms with Crippen LogP contribution in [-0.2, 0) is 6.54 Å². The van der Waals surface area contributed by atoms with Crippen molar-refractivity contribution in [3.05, 3.63) is 28.8 Å². The van der Waals surface area contributed by atoms with E-state index in [9.17, 15) is 0 Å². The van der Waals surface area contributed by atoms with Crippen molar-refractivity contribution < 1.29 is 10.0 Å². The molecule has 1 fully saturated rings. The molecule has 1 aromatic rings. The highest BCUT2D eigenvalue weighted by Gasteiger charge is 2.16. The second kappa shape index (κ2) is 5.87. The molecule has 0 radical (unpaired) electrons. The van der Waals surface area contributed by atoms with Crippen LogP contribution in [0.15, 0.2) is 18.2 Å². The van der Waals surface area contributed by atoms with Crippen LogP contribution in [-0.4, -0.2) is 23.2 Å². The molecular weight excluding hydrogens is 236 g/mol. The second-order valence-corrected chi connectivity index (χ2v) is 4.99. The van der Waals surface area contributed by atoms with Crippen molar-refractivity contribution in [2.75, 3.05) is 0 Å². The first-order valence-corrected chi connectivity index (χ1v) is 6.42. The Morgan fingerprint density at radius 1 is 1.29 bits per heavy atom. The van der Waals surface area contributed by atoms with Crippen LogP contribution in [0.1, 0.15) is 31.2 Å². The molecule has 1 aliphatic rings. The Hall–Kier alpha value is -0.545. The van der Waals surface area contributed by atoms with Crippen LogP contribution < -0.4 is 10.8 Å². The van der Waals surface area contributed by atoms with Crippen LogP contribution in [0.2, 0.25) is 5.02 Å². The van der Waals surface area contributed by atoms with Gasteiger partial charge in [0.15, 0.2) is 0 Å². The van der Waals surface area contributed by atoms with Gasteiger partial charge in [-0.25, -0.2) is 0 Å². The van der Waals surface area contributed by atoms with Crippen molar-refractivity contribution in [1.29, 1.82) is 0 Å². The maximum absolute atomic E-state index is 9.02. The van der Waals surface area contributed by atoms with Crippen molar-refractivity contribution in [2.45, 2.75) is 38.3 Å². The largest absolute Gasteiger partial charge is 0.488 e. The van der Waals surface area contributed by atoms with E-state index in [2.05, 4.69) is 5.32 Å². The van der Waals surface area contributed by atoms with Crippen molar-refractivity contribution in [3.63, 3.8) is 0 Å². The van der Waals surface area contributed by atoms with Gasteiger partial charge in [0.2, 0.25) is 0 Å². The predicted octanol–water partition coefficient (Wildman–Crippen LogP) is 1.05. The average molecular weight is 254 g/mol. The van der Waals surface area contributed by atoms with Crippen LogP contribution in [0.25, 0.3) is 0 Å². The third-order valence-electron chi connectivity index (χ3n) is 3.31. The standard InChI is InChI=1S/C12H17BClNO2/c14-12-7-10(13(16)17)6-5-9(12)8-15-11-3-1-2-4-11/h5-7,11,15-17H,1-4,8H2. The number of hydrogen-bond acceptors (Lipinski definition) is 3. The van der Waals surface area contributed by atoms with Crippen LogP contribution in [0, 0.1) is 0 Å². The number of benzene rings is 1. The maximum atomic E-state index is 9.02. The molecule has 92 valence electrons. The fourth-order valence-corrected chi connectivity index (χ4v) is 2.51. The Labute approximate surface area is 107 Å². The molecule has 0 aliphatic heterocycles. The molecule has 0 atom stereocenters. The molecule has 3 nitrogen and oxygen atoms in total. The zero-order valence-electron chi connectivity index (χ0n) is 9.69. The maximum Gasteiger partial charge on any atom is 0.488 e. The molecule has 1 aromatic carbocycles. The molecule has 5 heteroatoms.